The number of halogens is 1. The van der Waals surface area contributed by atoms with Gasteiger partial charge in [-0.3, -0.25) is 0 Å². The molecule has 5 heteroatoms. The molecule has 32 heavy (non-hydrogen) atoms. The number of nitrogens with zero attached hydrogens (tertiary/aromatic N) is 3. The second-order valence-corrected chi connectivity index (χ2v) is 8.19. The van der Waals surface area contributed by atoms with Crippen LogP contribution in [-0.4, -0.2) is 15.0 Å². The van der Waals surface area contributed by atoms with E-state index < -0.39 is 0 Å². The third-order valence-corrected chi connectivity index (χ3v) is 5.84. The average molecular weight is 478 g/mol. The Kier molecular flexibility index (Phi) is 4.55. The lowest BCUT2D eigenvalue weighted by Gasteiger charge is -2.07. The van der Waals surface area contributed by atoms with Gasteiger partial charge in [-0.25, -0.2) is 15.0 Å². The van der Waals surface area contributed by atoms with Crippen LogP contribution < -0.4 is 0 Å². The van der Waals surface area contributed by atoms with Gasteiger partial charge in [0.05, 0.1) is 5.56 Å². The van der Waals surface area contributed by atoms with Gasteiger partial charge in [0, 0.05) is 16.3 Å². The van der Waals surface area contributed by atoms with Crippen LogP contribution in [0.1, 0.15) is 0 Å². The van der Waals surface area contributed by atoms with E-state index >= 15 is 0 Å². The molecule has 0 spiro atoms. The zero-order valence-electron chi connectivity index (χ0n) is 16.9. The number of rotatable bonds is 3. The number of aromatic nitrogens is 3. The minimum absolute atomic E-state index is 0.482. The highest BCUT2D eigenvalue weighted by molar-refractivity contribution is 9.10. The molecule has 0 fully saturated rings. The quantitative estimate of drug-likeness (QED) is 0.264. The third kappa shape index (κ3) is 3.27. The van der Waals surface area contributed by atoms with Crippen LogP contribution in [0.25, 0.3) is 55.8 Å². The van der Waals surface area contributed by atoms with Crippen molar-refractivity contribution in [3.05, 3.63) is 102 Å². The van der Waals surface area contributed by atoms with Gasteiger partial charge in [0.25, 0.3) is 0 Å². The Morgan fingerprint density at radius 2 is 1.25 bits per heavy atom. The maximum atomic E-state index is 6.18. The van der Waals surface area contributed by atoms with E-state index in [1.807, 2.05) is 60.7 Å². The van der Waals surface area contributed by atoms with E-state index in [9.17, 15) is 0 Å². The zero-order chi connectivity index (χ0) is 21.5. The molecule has 4 nitrogen and oxygen atoms in total. The Morgan fingerprint density at radius 3 is 2.16 bits per heavy atom. The Balaban J connectivity index is 1.51. The Labute approximate surface area is 192 Å². The number of fused-ring (bicyclic) bond motifs is 3. The van der Waals surface area contributed by atoms with Crippen molar-refractivity contribution in [2.75, 3.05) is 0 Å². The summed E-state index contributed by atoms with van der Waals surface area (Å²) in [6, 6.07) is 32.6. The van der Waals surface area contributed by atoms with Crippen molar-refractivity contribution in [3.8, 4) is 33.9 Å². The number of para-hydroxylation sites is 2. The summed E-state index contributed by atoms with van der Waals surface area (Å²) in [5.74, 6) is 1.17. The van der Waals surface area contributed by atoms with Crippen LogP contribution in [0.4, 0.5) is 0 Å². The molecule has 2 heterocycles. The second kappa shape index (κ2) is 7.70. The first-order valence-electron chi connectivity index (χ1n) is 10.2. The van der Waals surface area contributed by atoms with Crippen molar-refractivity contribution in [2.24, 2.45) is 0 Å². The highest BCUT2D eigenvalue weighted by atomic mass is 79.9. The molecule has 0 unspecified atom stereocenters. The van der Waals surface area contributed by atoms with Gasteiger partial charge >= 0.3 is 0 Å². The van der Waals surface area contributed by atoms with E-state index in [1.165, 1.54) is 0 Å². The van der Waals surface area contributed by atoms with Crippen molar-refractivity contribution < 1.29 is 4.42 Å². The van der Waals surface area contributed by atoms with Gasteiger partial charge < -0.3 is 4.42 Å². The average Bonchev–Trinajstić information content (AvgIpc) is 3.23. The lowest BCUT2D eigenvalue weighted by atomic mass is 10.0. The summed E-state index contributed by atoms with van der Waals surface area (Å²) in [4.78, 5) is 13.9. The first-order chi connectivity index (χ1) is 15.8. The second-order valence-electron chi connectivity index (χ2n) is 7.48. The van der Waals surface area contributed by atoms with E-state index in [0.717, 1.165) is 44.2 Å². The summed E-state index contributed by atoms with van der Waals surface area (Å²) in [5.41, 5.74) is 5.64. The van der Waals surface area contributed by atoms with Crippen molar-refractivity contribution >= 4 is 37.9 Å². The molecule has 0 aliphatic carbocycles. The number of furan rings is 1. The molecular weight excluding hydrogens is 462 g/mol. The summed E-state index contributed by atoms with van der Waals surface area (Å²) in [6.07, 6.45) is 0. The fraction of sp³-hybridized carbons (Fsp3) is 0. The highest BCUT2D eigenvalue weighted by Gasteiger charge is 2.16. The summed E-state index contributed by atoms with van der Waals surface area (Å²) in [7, 11) is 0. The summed E-state index contributed by atoms with van der Waals surface area (Å²) < 4.78 is 6.67. The molecular formula is C27H16BrN3O. The van der Waals surface area contributed by atoms with Crippen molar-refractivity contribution in [1.82, 2.24) is 15.0 Å². The van der Waals surface area contributed by atoms with Gasteiger partial charge in [0.1, 0.15) is 11.2 Å². The van der Waals surface area contributed by atoms with Gasteiger partial charge in [-0.05, 0) is 45.3 Å². The van der Waals surface area contributed by atoms with Crippen LogP contribution in [0.3, 0.4) is 0 Å². The maximum Gasteiger partial charge on any atom is 0.200 e. The predicted molar refractivity (Wildman–Crippen MR) is 131 cm³/mol. The van der Waals surface area contributed by atoms with Gasteiger partial charge in [-0.2, -0.15) is 0 Å². The predicted octanol–water partition coefficient (Wildman–Crippen LogP) is 7.53. The molecule has 0 amide bonds. The molecule has 0 bridgehead atoms. The first-order valence-corrected chi connectivity index (χ1v) is 11.0. The van der Waals surface area contributed by atoms with Gasteiger partial charge in [0.15, 0.2) is 11.6 Å². The molecule has 0 aliphatic heterocycles. The maximum absolute atomic E-state index is 6.18. The SMILES string of the molecule is Brc1nc(-c2cccc(-c3ccccc3)c2)nc(-c2cccc3c2oc2ccccc23)n1. The van der Waals surface area contributed by atoms with E-state index in [1.54, 1.807) is 0 Å². The van der Waals surface area contributed by atoms with Gasteiger partial charge in [-0.15, -0.1) is 0 Å². The summed E-state index contributed by atoms with van der Waals surface area (Å²) in [6.45, 7) is 0. The van der Waals surface area contributed by atoms with Crippen LogP contribution >= 0.6 is 15.9 Å². The monoisotopic (exact) mass is 477 g/mol. The fourth-order valence-corrected chi connectivity index (χ4v) is 4.33. The molecule has 0 radical (unpaired) electrons. The Bertz CT molecular complexity index is 1590. The van der Waals surface area contributed by atoms with Crippen LogP contribution in [0.5, 0.6) is 0 Å². The minimum Gasteiger partial charge on any atom is -0.455 e. The number of benzene rings is 4. The topological polar surface area (TPSA) is 51.8 Å². The summed E-state index contributed by atoms with van der Waals surface area (Å²) in [5, 5.41) is 2.12. The van der Waals surface area contributed by atoms with Crippen molar-refractivity contribution in [3.63, 3.8) is 0 Å². The van der Waals surface area contributed by atoms with Crippen LogP contribution in [0, 0.1) is 0 Å². The normalized spacial score (nSPS) is 11.3. The number of hydrogen-bond donors (Lipinski definition) is 0. The molecule has 152 valence electrons. The minimum atomic E-state index is 0.482. The van der Waals surface area contributed by atoms with Crippen LogP contribution in [0.2, 0.25) is 0 Å². The molecule has 4 aromatic carbocycles. The van der Waals surface area contributed by atoms with Crippen molar-refractivity contribution in [2.45, 2.75) is 0 Å². The Hall–Kier alpha value is -3.83. The Morgan fingerprint density at radius 1 is 0.562 bits per heavy atom. The lowest BCUT2D eigenvalue weighted by Crippen LogP contribution is -1.98. The molecule has 0 N–H and O–H groups in total. The first kappa shape index (κ1) is 18.9. The van der Waals surface area contributed by atoms with E-state index in [-0.39, 0.29) is 0 Å². The largest absolute Gasteiger partial charge is 0.455 e. The smallest absolute Gasteiger partial charge is 0.200 e. The molecule has 0 saturated carbocycles. The molecule has 6 rings (SSSR count). The molecule has 0 atom stereocenters. The summed E-state index contributed by atoms with van der Waals surface area (Å²) >= 11 is 3.48. The zero-order valence-corrected chi connectivity index (χ0v) is 18.5. The molecule has 6 aromatic rings. The van der Waals surface area contributed by atoms with E-state index in [0.29, 0.717) is 16.4 Å². The molecule has 2 aromatic heterocycles. The van der Waals surface area contributed by atoms with Gasteiger partial charge in [-0.1, -0.05) is 78.9 Å². The molecule has 0 aliphatic rings. The van der Waals surface area contributed by atoms with Crippen LogP contribution in [0.15, 0.2) is 106 Å². The van der Waals surface area contributed by atoms with Crippen LogP contribution in [-0.2, 0) is 0 Å². The highest BCUT2D eigenvalue weighted by Crippen LogP contribution is 2.35. The van der Waals surface area contributed by atoms with E-state index in [2.05, 4.69) is 62.3 Å². The lowest BCUT2D eigenvalue weighted by molar-refractivity contribution is 0.669. The van der Waals surface area contributed by atoms with Gasteiger partial charge in [0.2, 0.25) is 4.73 Å². The number of hydrogen-bond acceptors (Lipinski definition) is 4. The fourth-order valence-electron chi connectivity index (χ4n) is 3.99. The van der Waals surface area contributed by atoms with Crippen molar-refractivity contribution in [1.29, 1.82) is 0 Å². The van der Waals surface area contributed by atoms with E-state index in [4.69, 9.17) is 9.40 Å². The third-order valence-electron chi connectivity index (χ3n) is 5.48. The standard InChI is InChI=1S/C27H16BrN3O/c28-27-30-25(19-11-6-10-18(16-19)17-8-2-1-3-9-17)29-26(31-27)22-14-7-13-21-20-12-4-5-15-23(20)32-24(21)22/h1-16H. The molecule has 0 saturated heterocycles.